The van der Waals surface area contributed by atoms with E-state index in [0.717, 1.165) is 0 Å². The largest absolute Gasteiger partial charge is 0.412 e. The second kappa shape index (κ2) is 1070. The van der Waals surface area contributed by atoms with Crippen LogP contribution in [0.1, 0.15) is 0 Å². The van der Waals surface area contributed by atoms with Gasteiger partial charge in [-0.05, 0) is 11.0 Å². The molecule has 0 saturated carbocycles. The second-order valence-electron chi connectivity index (χ2n) is 0. The summed E-state index contributed by atoms with van der Waals surface area (Å²) in [7, 11) is 0. The Hall–Kier alpha value is 0.851. The van der Waals surface area contributed by atoms with Crippen molar-refractivity contribution in [2.75, 3.05) is 0 Å². The van der Waals surface area contributed by atoms with Gasteiger partial charge >= 0.3 is 0 Å². The Morgan fingerprint density at radius 3 is 0.400 bits per heavy atom. The number of rotatable bonds is 0. The van der Waals surface area contributed by atoms with E-state index in [1.165, 1.54) is 0 Å². The van der Waals surface area contributed by atoms with E-state index in [4.69, 9.17) is 0 Å². The van der Waals surface area contributed by atoms with E-state index in [2.05, 4.69) is 0 Å². The average Bonchev–Trinajstić information content (AvgIpc) is 0. The molecular weight excluding hydrogens is 180 g/mol. The molecule has 4 N–H and O–H groups in total. The predicted molar refractivity (Wildman–Crippen MR) is 57.0 cm³/mol. The molecule has 0 atom stereocenters. The van der Waals surface area contributed by atoms with E-state index < -0.39 is 0 Å². The standard InChI is InChI=1S/6CH3.2H2O.H4Si.Ti/h6*1H3;2*1H2;1H4;/q6*-1;;;;. The molecule has 4 heteroatoms. The van der Waals surface area contributed by atoms with Crippen LogP contribution in [-0.2, 0) is 21.7 Å². The zero-order valence-corrected chi connectivity index (χ0v) is 9.06. The normalized spacial score (nSPS) is 0. The Labute approximate surface area is 88.3 Å². The van der Waals surface area contributed by atoms with E-state index in [1.54, 1.807) is 0 Å². The second-order valence-corrected chi connectivity index (χ2v) is 0. The molecule has 0 aliphatic carbocycles. The van der Waals surface area contributed by atoms with E-state index in [-0.39, 0.29) is 88.2 Å². The molecule has 0 heterocycles. The van der Waals surface area contributed by atoms with Gasteiger partial charge in [-0.1, -0.05) is 0 Å². The van der Waals surface area contributed by atoms with E-state index in [1.807, 2.05) is 0 Å². The molecule has 0 saturated heterocycles. The van der Waals surface area contributed by atoms with Crippen molar-refractivity contribution in [1.82, 2.24) is 0 Å². The van der Waals surface area contributed by atoms with Gasteiger partial charge in [0.25, 0.3) is 0 Å². The van der Waals surface area contributed by atoms with Crippen molar-refractivity contribution in [3.8, 4) is 0 Å². The van der Waals surface area contributed by atoms with Gasteiger partial charge in [-0.3, -0.25) is 0 Å². The third kappa shape index (κ3) is 753. The molecular formula is C6H26O2SiTi-6. The molecule has 0 aliphatic heterocycles. The molecule has 10 heavy (non-hydrogen) atoms. The van der Waals surface area contributed by atoms with Crippen LogP contribution in [0.25, 0.3) is 0 Å². The quantitative estimate of drug-likeness (QED) is 0.382. The summed E-state index contributed by atoms with van der Waals surface area (Å²) in [4.78, 5) is 0. The van der Waals surface area contributed by atoms with Crippen molar-refractivity contribution in [2.45, 2.75) is 0 Å². The Balaban J connectivity index is 0. The van der Waals surface area contributed by atoms with Crippen LogP contribution in [0.2, 0.25) is 0 Å². The fraction of sp³-hybridized carbons (Fsp3) is 0. The topological polar surface area (TPSA) is 63.0 Å². The third-order valence-electron chi connectivity index (χ3n) is 0. The van der Waals surface area contributed by atoms with Gasteiger partial charge in [-0.2, -0.15) is 0 Å². The van der Waals surface area contributed by atoms with Crippen molar-refractivity contribution < 1.29 is 32.7 Å². The van der Waals surface area contributed by atoms with Crippen LogP contribution in [0.15, 0.2) is 0 Å². The van der Waals surface area contributed by atoms with Crippen LogP contribution in [0.5, 0.6) is 0 Å². The molecule has 0 unspecified atom stereocenters. The minimum absolute atomic E-state index is 0. The van der Waals surface area contributed by atoms with Crippen LogP contribution in [0.3, 0.4) is 0 Å². The van der Waals surface area contributed by atoms with Crippen molar-refractivity contribution in [1.29, 1.82) is 0 Å². The fourth-order valence-electron chi connectivity index (χ4n) is 0. The molecule has 76 valence electrons. The molecule has 0 bridgehead atoms. The summed E-state index contributed by atoms with van der Waals surface area (Å²) in [6.07, 6.45) is 0. The van der Waals surface area contributed by atoms with Crippen molar-refractivity contribution in [2.24, 2.45) is 0 Å². The number of hydrogen-bond acceptors (Lipinski definition) is 0. The van der Waals surface area contributed by atoms with Gasteiger partial charge in [-0.25, -0.2) is 0 Å². The Morgan fingerprint density at radius 2 is 0.400 bits per heavy atom. The van der Waals surface area contributed by atoms with Crippen LogP contribution in [-0.4, -0.2) is 21.9 Å². The van der Waals surface area contributed by atoms with Crippen molar-refractivity contribution in [3.05, 3.63) is 44.6 Å². The van der Waals surface area contributed by atoms with Crippen LogP contribution in [0, 0.1) is 44.6 Å². The molecule has 0 aromatic heterocycles. The van der Waals surface area contributed by atoms with E-state index in [9.17, 15) is 0 Å². The van der Waals surface area contributed by atoms with Gasteiger partial charge in [0, 0.05) is 21.7 Å². The zero-order valence-electron chi connectivity index (χ0n) is 7.50. The summed E-state index contributed by atoms with van der Waals surface area (Å²) in [5, 5.41) is 0. The Kier molecular flexibility index (Phi) is 155000. The van der Waals surface area contributed by atoms with Crippen molar-refractivity contribution in [3.63, 3.8) is 0 Å². The third-order valence-corrected chi connectivity index (χ3v) is 0. The van der Waals surface area contributed by atoms with Gasteiger partial charge in [0.2, 0.25) is 0 Å². The Bertz CT molecular complexity index is 15.7. The number of hydrogen-bond donors (Lipinski definition) is 0. The molecule has 0 aromatic rings. The minimum Gasteiger partial charge on any atom is -0.412 e. The summed E-state index contributed by atoms with van der Waals surface area (Å²) < 4.78 is 0. The molecule has 0 aromatic carbocycles. The maximum Gasteiger partial charge on any atom is 0 e. The van der Waals surface area contributed by atoms with Crippen molar-refractivity contribution >= 4 is 11.0 Å². The van der Waals surface area contributed by atoms with E-state index in [0.29, 0.717) is 0 Å². The fourth-order valence-corrected chi connectivity index (χ4v) is 0. The predicted octanol–water partition coefficient (Wildman–Crippen LogP) is -0.402. The zero-order chi connectivity index (χ0) is 0. The SMILES string of the molecule is O.O.[CH3-].[CH3-].[CH3-].[CH3-].[CH3-].[CH3-].[SiH4].[Ti]. The van der Waals surface area contributed by atoms with Gasteiger partial charge < -0.3 is 55.5 Å². The summed E-state index contributed by atoms with van der Waals surface area (Å²) in [6.45, 7) is 0. The average molecular weight is 206 g/mol. The smallest absolute Gasteiger partial charge is 0 e. The summed E-state index contributed by atoms with van der Waals surface area (Å²) >= 11 is 0. The first kappa shape index (κ1) is 1450. The van der Waals surface area contributed by atoms with Crippen LogP contribution >= 0.6 is 0 Å². The summed E-state index contributed by atoms with van der Waals surface area (Å²) in [5.74, 6) is 0. The molecule has 0 radical (unpaired) electrons. The maximum atomic E-state index is 0. The first-order valence-corrected chi connectivity index (χ1v) is 0. The summed E-state index contributed by atoms with van der Waals surface area (Å²) in [5.41, 5.74) is 0. The van der Waals surface area contributed by atoms with Crippen LogP contribution < -0.4 is 0 Å². The van der Waals surface area contributed by atoms with Gasteiger partial charge in [0.1, 0.15) is 0 Å². The van der Waals surface area contributed by atoms with Crippen LogP contribution in [0.4, 0.5) is 0 Å². The first-order chi connectivity index (χ1) is 0. The molecule has 0 fully saturated rings. The van der Waals surface area contributed by atoms with Gasteiger partial charge in [0.15, 0.2) is 0 Å². The molecule has 0 amide bonds. The van der Waals surface area contributed by atoms with Gasteiger partial charge in [-0.15, -0.1) is 0 Å². The summed E-state index contributed by atoms with van der Waals surface area (Å²) in [6, 6.07) is 0. The molecule has 0 rings (SSSR count). The molecule has 0 aliphatic rings. The Morgan fingerprint density at radius 1 is 0.400 bits per heavy atom. The minimum atomic E-state index is 0. The first-order valence-electron chi connectivity index (χ1n) is 0. The van der Waals surface area contributed by atoms with E-state index >= 15 is 0 Å². The maximum absolute atomic E-state index is 0. The van der Waals surface area contributed by atoms with Gasteiger partial charge in [0.05, 0.1) is 0 Å². The molecule has 0 spiro atoms. The molecule has 2 nitrogen and oxygen atoms in total. The monoisotopic (exact) mass is 206 g/mol.